The van der Waals surface area contributed by atoms with E-state index in [4.69, 9.17) is 0 Å². The molecule has 1 N–H and O–H groups in total. The molecule has 0 aliphatic carbocycles. The highest BCUT2D eigenvalue weighted by Crippen LogP contribution is 2.29. The molecule has 0 spiro atoms. The number of hydrogen-bond acceptors (Lipinski definition) is 2. The molecule has 0 amide bonds. The van der Waals surface area contributed by atoms with Crippen molar-refractivity contribution in [1.29, 1.82) is 0 Å². The van der Waals surface area contributed by atoms with Crippen LogP contribution in [0.4, 0.5) is 0 Å². The van der Waals surface area contributed by atoms with Crippen molar-refractivity contribution >= 4 is 5.97 Å². The Balaban J connectivity index is 2.27. The lowest BCUT2D eigenvalue weighted by atomic mass is 9.95. The Labute approximate surface area is 121 Å². The first-order valence-corrected chi connectivity index (χ1v) is 7.61. The van der Waals surface area contributed by atoms with E-state index in [0.717, 1.165) is 13.1 Å². The molecule has 1 fully saturated rings. The fourth-order valence-electron chi connectivity index (χ4n) is 3.21. The number of aryl methyl sites for hydroxylation is 2. The fraction of sp³-hybridized carbons (Fsp3) is 0.588. The average Bonchev–Trinajstić information content (AvgIpc) is 2.65. The Bertz CT molecular complexity index is 462. The molecule has 3 nitrogen and oxygen atoms in total. The highest BCUT2D eigenvalue weighted by atomic mass is 16.4. The maximum Gasteiger partial charge on any atom is 0.305 e. The van der Waals surface area contributed by atoms with E-state index in [1.165, 1.54) is 42.4 Å². The van der Waals surface area contributed by atoms with Crippen molar-refractivity contribution in [3.05, 3.63) is 34.9 Å². The third-order valence-electron chi connectivity index (χ3n) is 4.23. The van der Waals surface area contributed by atoms with Crippen LogP contribution in [0.1, 0.15) is 54.8 Å². The molecule has 110 valence electrons. The lowest BCUT2D eigenvalue weighted by Gasteiger charge is -2.31. The molecular formula is C17H25NO2. The summed E-state index contributed by atoms with van der Waals surface area (Å²) < 4.78 is 0. The zero-order chi connectivity index (χ0) is 14.5. The van der Waals surface area contributed by atoms with Gasteiger partial charge in [-0.25, -0.2) is 0 Å². The van der Waals surface area contributed by atoms with E-state index in [9.17, 15) is 9.90 Å². The van der Waals surface area contributed by atoms with Crippen LogP contribution >= 0.6 is 0 Å². The van der Waals surface area contributed by atoms with Gasteiger partial charge in [-0.3, -0.25) is 9.69 Å². The maximum atomic E-state index is 11.3. The van der Waals surface area contributed by atoms with Crippen LogP contribution in [-0.4, -0.2) is 29.1 Å². The first-order chi connectivity index (χ1) is 9.58. The Morgan fingerprint density at radius 2 is 1.85 bits per heavy atom. The molecule has 0 radical (unpaired) electrons. The summed E-state index contributed by atoms with van der Waals surface area (Å²) in [6, 6.07) is 6.38. The lowest BCUT2D eigenvalue weighted by Crippen LogP contribution is -2.31. The van der Waals surface area contributed by atoms with E-state index in [-0.39, 0.29) is 12.5 Å². The van der Waals surface area contributed by atoms with E-state index < -0.39 is 5.97 Å². The van der Waals surface area contributed by atoms with Crippen molar-refractivity contribution in [2.75, 3.05) is 13.1 Å². The van der Waals surface area contributed by atoms with Gasteiger partial charge in [-0.15, -0.1) is 0 Å². The summed E-state index contributed by atoms with van der Waals surface area (Å²) >= 11 is 0. The van der Waals surface area contributed by atoms with Gasteiger partial charge in [-0.05, 0) is 50.9 Å². The molecule has 1 aromatic rings. The summed E-state index contributed by atoms with van der Waals surface area (Å²) in [5, 5.41) is 9.26. The summed E-state index contributed by atoms with van der Waals surface area (Å²) in [7, 11) is 0. The second-order valence-electron chi connectivity index (χ2n) is 5.92. The van der Waals surface area contributed by atoms with Crippen molar-refractivity contribution in [1.82, 2.24) is 4.90 Å². The van der Waals surface area contributed by atoms with Crippen LogP contribution < -0.4 is 0 Å². The number of rotatable bonds is 4. The van der Waals surface area contributed by atoms with Gasteiger partial charge in [-0.1, -0.05) is 36.6 Å². The van der Waals surface area contributed by atoms with Crippen LogP contribution in [-0.2, 0) is 4.79 Å². The number of carboxylic acids is 1. The van der Waals surface area contributed by atoms with Gasteiger partial charge in [0.15, 0.2) is 0 Å². The van der Waals surface area contributed by atoms with Crippen LogP contribution in [0.2, 0.25) is 0 Å². The van der Waals surface area contributed by atoms with Crippen LogP contribution in [0.15, 0.2) is 18.2 Å². The molecule has 1 unspecified atom stereocenters. The number of carboxylic acid groups (broad SMARTS) is 1. The largest absolute Gasteiger partial charge is 0.481 e. The summed E-state index contributed by atoms with van der Waals surface area (Å²) in [5.41, 5.74) is 3.62. The van der Waals surface area contributed by atoms with Gasteiger partial charge in [0, 0.05) is 6.04 Å². The normalized spacial score (nSPS) is 18.5. The zero-order valence-electron chi connectivity index (χ0n) is 12.6. The quantitative estimate of drug-likeness (QED) is 0.911. The smallest absolute Gasteiger partial charge is 0.305 e. The van der Waals surface area contributed by atoms with Crippen LogP contribution in [0.5, 0.6) is 0 Å². The Morgan fingerprint density at radius 1 is 1.20 bits per heavy atom. The van der Waals surface area contributed by atoms with E-state index in [2.05, 4.69) is 36.9 Å². The predicted octanol–water partition coefficient (Wildman–Crippen LogP) is 3.70. The Hall–Kier alpha value is -1.35. The summed E-state index contributed by atoms with van der Waals surface area (Å²) in [6.45, 7) is 6.21. The van der Waals surface area contributed by atoms with Crippen LogP contribution in [0, 0.1) is 13.8 Å². The standard InChI is InChI=1S/C17H25NO2/c1-13-7-8-15(14(2)11-13)16(12-17(19)20)18-9-5-3-4-6-10-18/h7-8,11,16H,3-6,9-10,12H2,1-2H3,(H,19,20). The Kier molecular flexibility index (Phi) is 5.18. The molecular weight excluding hydrogens is 250 g/mol. The summed E-state index contributed by atoms with van der Waals surface area (Å²) in [6.07, 6.45) is 5.10. The highest BCUT2D eigenvalue weighted by molar-refractivity contribution is 5.68. The molecule has 1 atom stereocenters. The van der Waals surface area contributed by atoms with Crippen molar-refractivity contribution in [2.45, 2.75) is 52.0 Å². The molecule has 0 saturated carbocycles. The lowest BCUT2D eigenvalue weighted by molar-refractivity contribution is -0.138. The average molecular weight is 275 g/mol. The van der Waals surface area contributed by atoms with Crippen molar-refractivity contribution < 1.29 is 9.90 Å². The first kappa shape index (κ1) is 15.0. The van der Waals surface area contributed by atoms with Crippen molar-refractivity contribution in [2.24, 2.45) is 0 Å². The SMILES string of the molecule is Cc1ccc(C(CC(=O)O)N2CCCCCC2)c(C)c1. The fourth-order valence-corrected chi connectivity index (χ4v) is 3.21. The minimum absolute atomic E-state index is 0.0196. The molecule has 0 bridgehead atoms. The number of likely N-dealkylation sites (tertiary alicyclic amines) is 1. The number of aliphatic carboxylic acids is 1. The van der Waals surface area contributed by atoms with Gasteiger partial charge in [-0.2, -0.15) is 0 Å². The summed E-state index contributed by atoms with van der Waals surface area (Å²) in [4.78, 5) is 13.6. The monoisotopic (exact) mass is 275 g/mol. The Morgan fingerprint density at radius 3 is 2.40 bits per heavy atom. The topological polar surface area (TPSA) is 40.5 Å². The number of hydrogen-bond donors (Lipinski definition) is 1. The molecule has 0 aromatic heterocycles. The molecule has 1 heterocycles. The molecule has 1 aliphatic heterocycles. The van der Waals surface area contributed by atoms with Crippen LogP contribution in [0.25, 0.3) is 0 Å². The number of benzene rings is 1. The van der Waals surface area contributed by atoms with Gasteiger partial charge in [0.05, 0.1) is 6.42 Å². The second kappa shape index (κ2) is 6.89. The molecule has 2 rings (SSSR count). The predicted molar refractivity (Wildman–Crippen MR) is 81.0 cm³/mol. The number of nitrogens with zero attached hydrogens (tertiary/aromatic N) is 1. The van der Waals surface area contributed by atoms with E-state index >= 15 is 0 Å². The van der Waals surface area contributed by atoms with Crippen molar-refractivity contribution in [3.63, 3.8) is 0 Å². The highest BCUT2D eigenvalue weighted by Gasteiger charge is 2.25. The minimum Gasteiger partial charge on any atom is -0.481 e. The van der Waals surface area contributed by atoms with E-state index in [1.807, 2.05) is 0 Å². The second-order valence-corrected chi connectivity index (χ2v) is 5.92. The first-order valence-electron chi connectivity index (χ1n) is 7.61. The van der Waals surface area contributed by atoms with E-state index in [0.29, 0.717) is 0 Å². The molecule has 1 aromatic carbocycles. The maximum absolute atomic E-state index is 11.3. The molecule has 3 heteroatoms. The molecule has 20 heavy (non-hydrogen) atoms. The van der Waals surface area contributed by atoms with E-state index in [1.54, 1.807) is 0 Å². The molecule has 1 saturated heterocycles. The molecule has 1 aliphatic rings. The minimum atomic E-state index is -0.709. The number of carbonyl (C=O) groups is 1. The van der Waals surface area contributed by atoms with Crippen molar-refractivity contribution in [3.8, 4) is 0 Å². The third kappa shape index (κ3) is 3.83. The van der Waals surface area contributed by atoms with Crippen LogP contribution in [0.3, 0.4) is 0 Å². The summed E-state index contributed by atoms with van der Waals surface area (Å²) in [5.74, 6) is -0.709. The van der Waals surface area contributed by atoms with Gasteiger partial charge in [0.1, 0.15) is 0 Å². The third-order valence-corrected chi connectivity index (χ3v) is 4.23. The zero-order valence-corrected chi connectivity index (χ0v) is 12.6. The van der Waals surface area contributed by atoms with Gasteiger partial charge < -0.3 is 5.11 Å². The van der Waals surface area contributed by atoms with Gasteiger partial charge in [0.2, 0.25) is 0 Å². The van der Waals surface area contributed by atoms with Gasteiger partial charge >= 0.3 is 5.97 Å². The van der Waals surface area contributed by atoms with Gasteiger partial charge in [0.25, 0.3) is 0 Å².